The first-order chi connectivity index (χ1) is 31.0. The summed E-state index contributed by atoms with van der Waals surface area (Å²) in [6.45, 7) is 37.2. The molecule has 0 saturated carbocycles. The van der Waals surface area contributed by atoms with Crippen molar-refractivity contribution in [1.29, 1.82) is 0 Å². The Morgan fingerprint density at radius 1 is 0.662 bits per heavy atom. The third kappa shape index (κ3) is 7.29. The summed E-state index contributed by atoms with van der Waals surface area (Å²) in [7, 11) is 0. The highest BCUT2D eigenvalue weighted by molar-refractivity contribution is 5.98. The number of hydrogen-bond acceptors (Lipinski definition) is 5. The molecule has 1 aromatic heterocycles. The molecule has 65 heavy (non-hydrogen) atoms. The van der Waals surface area contributed by atoms with Crippen LogP contribution in [0.3, 0.4) is 0 Å². The van der Waals surface area contributed by atoms with E-state index in [1.54, 1.807) is 0 Å². The van der Waals surface area contributed by atoms with Crippen molar-refractivity contribution in [1.82, 2.24) is 4.98 Å². The minimum absolute atomic E-state index is 0.0104. The average molecular weight is 866 g/mol. The number of anilines is 3. The van der Waals surface area contributed by atoms with E-state index in [0.29, 0.717) is 17.4 Å². The van der Waals surface area contributed by atoms with Crippen molar-refractivity contribution < 1.29 is 12.2 Å². The van der Waals surface area contributed by atoms with Crippen LogP contribution < -0.4 is 9.64 Å². The van der Waals surface area contributed by atoms with Crippen LogP contribution >= 0.6 is 0 Å². The smallest absolute Gasteiger partial charge is 0.217 e. The van der Waals surface area contributed by atoms with Gasteiger partial charge in [0.05, 0.1) is 11.4 Å². The van der Waals surface area contributed by atoms with Crippen LogP contribution in [-0.4, -0.2) is 16.4 Å². The van der Waals surface area contributed by atoms with E-state index < -0.39 is 17.5 Å². The van der Waals surface area contributed by atoms with E-state index in [4.69, 9.17) is 19.5 Å². The summed E-state index contributed by atoms with van der Waals surface area (Å²) in [6, 6.07) is 28.6. The zero-order valence-corrected chi connectivity index (χ0v) is 41.9. The molecule has 5 nitrogen and oxygen atoms in total. The number of aryl methyl sites for hydroxylation is 6. The zero-order chi connectivity index (χ0) is 48.7. The maximum Gasteiger partial charge on any atom is 0.217 e. The van der Waals surface area contributed by atoms with Gasteiger partial charge in [0.15, 0.2) is 5.60 Å². The molecule has 336 valence electrons. The van der Waals surface area contributed by atoms with Gasteiger partial charge in [0, 0.05) is 37.1 Å². The average Bonchev–Trinajstić information content (AvgIpc) is 3.46. The van der Waals surface area contributed by atoms with E-state index in [-0.39, 0.29) is 22.7 Å². The molecule has 0 amide bonds. The molecule has 0 fully saturated rings. The van der Waals surface area contributed by atoms with Crippen molar-refractivity contribution in [2.45, 2.75) is 158 Å². The van der Waals surface area contributed by atoms with Crippen LogP contribution in [0.4, 0.5) is 17.2 Å². The number of benzene rings is 5. The van der Waals surface area contributed by atoms with E-state index >= 15 is 0 Å². The first-order valence-electron chi connectivity index (χ1n) is 24.4. The molecule has 9 rings (SSSR count). The number of ether oxygens (including phenoxy) is 2. The van der Waals surface area contributed by atoms with Crippen molar-refractivity contribution in [2.75, 3.05) is 4.90 Å². The Hall–Kier alpha value is -5.68. The third-order valence-electron chi connectivity index (χ3n) is 14.6. The molecule has 6 aromatic rings. The van der Waals surface area contributed by atoms with Gasteiger partial charge in [0.1, 0.15) is 22.9 Å². The van der Waals surface area contributed by atoms with Gasteiger partial charge in [-0.1, -0.05) is 91.3 Å². The Kier molecular flexibility index (Phi) is 9.64. The highest BCUT2D eigenvalue weighted by Crippen LogP contribution is 2.55. The van der Waals surface area contributed by atoms with Crippen molar-refractivity contribution >= 4 is 23.1 Å². The van der Waals surface area contributed by atoms with E-state index in [0.717, 1.165) is 67.3 Å². The summed E-state index contributed by atoms with van der Waals surface area (Å²) in [5.74, 6) is 2.76. The summed E-state index contributed by atoms with van der Waals surface area (Å²) in [6.07, 6.45) is 0.541. The fourth-order valence-corrected chi connectivity index (χ4v) is 11.4. The lowest BCUT2D eigenvalue weighted by atomic mass is 9.65. The minimum Gasteiger partial charge on any atom is -0.464 e. The van der Waals surface area contributed by atoms with Crippen molar-refractivity contribution in [3.05, 3.63) is 163 Å². The molecule has 2 aliphatic heterocycles. The molecule has 5 heteroatoms. The van der Waals surface area contributed by atoms with Crippen LogP contribution in [0.15, 0.2) is 90.1 Å². The van der Waals surface area contributed by atoms with Crippen LogP contribution in [0.5, 0.6) is 11.5 Å². The predicted octanol–water partition coefficient (Wildman–Crippen LogP) is 15.8. The van der Waals surface area contributed by atoms with Crippen LogP contribution in [-0.2, 0) is 33.0 Å². The molecule has 0 bridgehead atoms. The van der Waals surface area contributed by atoms with Gasteiger partial charge in [-0.3, -0.25) is 4.90 Å². The Morgan fingerprint density at radius 3 is 2.00 bits per heavy atom. The Morgan fingerprint density at radius 2 is 1.32 bits per heavy atom. The van der Waals surface area contributed by atoms with Gasteiger partial charge in [-0.2, -0.15) is 0 Å². The lowest BCUT2D eigenvalue weighted by molar-refractivity contribution is 0.0178. The van der Waals surface area contributed by atoms with Crippen LogP contribution in [0.2, 0.25) is 0 Å². The number of rotatable bonds is 5. The first-order valence-corrected chi connectivity index (χ1v) is 23.4. The number of hydrogen-bond donors (Lipinski definition) is 0. The van der Waals surface area contributed by atoms with E-state index in [1.165, 1.54) is 38.9 Å². The van der Waals surface area contributed by atoms with Gasteiger partial charge in [-0.05, 0) is 195 Å². The number of fused-ring (bicyclic) bond motifs is 5. The molecule has 3 heterocycles. The van der Waals surface area contributed by atoms with Gasteiger partial charge in [0.2, 0.25) is 5.90 Å². The minimum atomic E-state index is -1.62. The van der Waals surface area contributed by atoms with Gasteiger partial charge >= 0.3 is 0 Å². The summed E-state index contributed by atoms with van der Waals surface area (Å²) >= 11 is 0. The maximum absolute atomic E-state index is 9.59. The first kappa shape index (κ1) is 42.0. The highest BCUT2D eigenvalue weighted by atomic mass is 16.5. The van der Waals surface area contributed by atoms with Crippen molar-refractivity contribution in [3.8, 4) is 22.6 Å². The molecule has 0 spiro atoms. The lowest BCUT2D eigenvalue weighted by Gasteiger charge is -2.44. The number of nitrogens with zero attached hydrogens (tertiary/aromatic N) is 3. The second-order valence-electron chi connectivity index (χ2n) is 22.5. The topological polar surface area (TPSA) is 47.0 Å². The monoisotopic (exact) mass is 866 g/mol. The summed E-state index contributed by atoms with van der Waals surface area (Å²) < 4.78 is 33.5. The van der Waals surface area contributed by atoms with Crippen molar-refractivity contribution in [2.24, 2.45) is 4.99 Å². The zero-order valence-electron chi connectivity index (χ0n) is 43.9. The van der Waals surface area contributed by atoms with E-state index in [9.17, 15) is 2.74 Å². The predicted molar refractivity (Wildman–Crippen MR) is 272 cm³/mol. The van der Waals surface area contributed by atoms with Crippen LogP contribution in [0.25, 0.3) is 11.1 Å². The quantitative estimate of drug-likeness (QED) is 0.173. The van der Waals surface area contributed by atoms with Gasteiger partial charge < -0.3 is 9.47 Å². The van der Waals surface area contributed by atoms with Gasteiger partial charge in [-0.15, -0.1) is 0 Å². The molecule has 3 aliphatic rings. The SMILES string of the molecule is [2H]C1([2H])C[C@@]2(C)N=C(c3cc(Oc4cc(C)cc(N5c6ccc(C(C)(C)C)cc6C(C)(C)c6cc(C)cnc65)c4)cc(-c4c(C)cc(C)cc4C)c3)O[C@@]2(C)c2cc(C)c(C(C)(C)C)c(C)c21. The van der Waals surface area contributed by atoms with Crippen molar-refractivity contribution in [3.63, 3.8) is 0 Å². The molecule has 2 atom stereocenters. The normalized spacial score (nSPS) is 21.0. The number of aromatic nitrogens is 1. The second kappa shape index (κ2) is 14.9. The lowest BCUT2D eigenvalue weighted by Crippen LogP contribution is -2.48. The largest absolute Gasteiger partial charge is 0.464 e. The Bertz CT molecular complexity index is 3070. The molecule has 0 saturated heterocycles. The third-order valence-corrected chi connectivity index (χ3v) is 14.6. The molecular formula is C60H69N3O2. The molecule has 0 radical (unpaired) electrons. The van der Waals surface area contributed by atoms with E-state index in [1.807, 2.05) is 12.3 Å². The summed E-state index contributed by atoms with van der Waals surface area (Å²) in [4.78, 5) is 12.8. The number of aliphatic imine (C=N–C) groups is 1. The second-order valence-corrected chi connectivity index (χ2v) is 22.5. The van der Waals surface area contributed by atoms with Crippen LogP contribution in [0, 0.1) is 48.5 Å². The molecule has 1 aliphatic carbocycles. The molecule has 0 unspecified atom stereocenters. The Balaban J connectivity index is 1.18. The van der Waals surface area contributed by atoms with Gasteiger partial charge in [0.25, 0.3) is 0 Å². The highest BCUT2D eigenvalue weighted by Gasteiger charge is 2.57. The standard InChI is InChI=1S/C60H69N3O2/c1-34-22-37(4)52(38(5)23-34)41-28-42(55-62-59(16)21-20-47-40(7)53(57(11,12)13)39(6)27-48(47)60(59,17)65-55)30-46(29-41)64-45-25-35(2)24-44(32-45)63-51-19-18-43(56(8,9)10)31-49(51)58(14,15)50-26-36(3)33-61-54(50)63/h18-19,22-33H,20-21H2,1-17H3/t59-,60+/m1/s1/i20D2. The maximum atomic E-state index is 9.59. The molecular weight excluding hydrogens is 795 g/mol. The fourth-order valence-electron chi connectivity index (χ4n) is 11.4. The number of pyridine rings is 1. The Labute approximate surface area is 392 Å². The molecule has 0 N–H and O–H groups in total. The van der Waals surface area contributed by atoms with E-state index in [2.05, 4.69) is 195 Å². The summed E-state index contributed by atoms with van der Waals surface area (Å²) in [5.41, 5.74) is 17.2. The molecule has 5 aromatic carbocycles. The van der Waals surface area contributed by atoms with Gasteiger partial charge in [-0.25, -0.2) is 9.98 Å². The fraction of sp³-hybridized carbons (Fsp3) is 0.400. The van der Waals surface area contributed by atoms with Crippen LogP contribution in [0.1, 0.15) is 156 Å². The summed E-state index contributed by atoms with van der Waals surface area (Å²) in [5, 5.41) is 0.